The van der Waals surface area contributed by atoms with E-state index in [2.05, 4.69) is 17.0 Å². The van der Waals surface area contributed by atoms with Gasteiger partial charge in [-0.3, -0.25) is 0 Å². The van der Waals surface area contributed by atoms with Gasteiger partial charge in [0.05, 0.1) is 0 Å². The lowest BCUT2D eigenvalue weighted by Crippen LogP contribution is -2.23. The third-order valence-corrected chi connectivity index (χ3v) is 3.25. The molecule has 0 heterocycles. The smallest absolute Gasteiger partial charge is 0.123 e. The van der Waals surface area contributed by atoms with Gasteiger partial charge in [-0.2, -0.15) is 0 Å². The molecule has 1 unspecified atom stereocenters. The first-order valence-electron chi connectivity index (χ1n) is 6.44. The summed E-state index contributed by atoms with van der Waals surface area (Å²) >= 11 is 0. The van der Waals surface area contributed by atoms with Crippen LogP contribution in [0.2, 0.25) is 0 Å². The molecule has 100 valence electrons. The highest BCUT2D eigenvalue weighted by molar-refractivity contribution is 5.44. The molecule has 0 spiro atoms. The Kier molecular flexibility index (Phi) is 4.53. The number of para-hydroxylation sites is 1. The van der Waals surface area contributed by atoms with Gasteiger partial charge in [0.25, 0.3) is 0 Å². The quantitative estimate of drug-likeness (QED) is 0.891. The lowest BCUT2D eigenvalue weighted by atomic mass is 10.0. The Hall–Kier alpha value is -1.87. The van der Waals surface area contributed by atoms with Crippen LogP contribution in [-0.4, -0.2) is 13.6 Å². The molecule has 2 N–H and O–H groups in total. The maximum atomic E-state index is 13.1. The number of rotatable bonds is 5. The maximum Gasteiger partial charge on any atom is 0.123 e. The SMILES string of the molecule is CN(CCC(N)c1cccc(F)c1)c1ccccc1. The van der Waals surface area contributed by atoms with Crippen molar-refractivity contribution in [1.29, 1.82) is 0 Å². The molecule has 0 aliphatic heterocycles. The number of halogens is 1. The van der Waals surface area contributed by atoms with Crippen LogP contribution < -0.4 is 10.6 Å². The van der Waals surface area contributed by atoms with Crippen LogP contribution in [0.4, 0.5) is 10.1 Å². The molecule has 2 nitrogen and oxygen atoms in total. The third-order valence-electron chi connectivity index (χ3n) is 3.25. The summed E-state index contributed by atoms with van der Waals surface area (Å²) in [5.74, 6) is -0.232. The Morgan fingerprint density at radius 3 is 2.53 bits per heavy atom. The lowest BCUT2D eigenvalue weighted by Gasteiger charge is -2.21. The first kappa shape index (κ1) is 13.6. The van der Waals surface area contributed by atoms with Crippen LogP contribution in [-0.2, 0) is 0 Å². The van der Waals surface area contributed by atoms with E-state index in [1.54, 1.807) is 6.07 Å². The zero-order valence-corrected chi connectivity index (χ0v) is 11.1. The standard InChI is InChI=1S/C16H19FN2/c1-19(15-8-3-2-4-9-15)11-10-16(18)13-6-5-7-14(17)12-13/h2-9,12,16H,10-11,18H2,1H3. The number of anilines is 1. The Labute approximate surface area is 113 Å². The molecule has 0 amide bonds. The Morgan fingerprint density at radius 2 is 1.84 bits per heavy atom. The normalized spacial score (nSPS) is 12.2. The highest BCUT2D eigenvalue weighted by Gasteiger charge is 2.08. The highest BCUT2D eigenvalue weighted by Crippen LogP contribution is 2.17. The summed E-state index contributed by atoms with van der Waals surface area (Å²) in [4.78, 5) is 2.15. The summed E-state index contributed by atoms with van der Waals surface area (Å²) in [6.45, 7) is 0.835. The van der Waals surface area contributed by atoms with E-state index in [-0.39, 0.29) is 11.9 Å². The van der Waals surface area contributed by atoms with Gasteiger partial charge in [-0.15, -0.1) is 0 Å². The molecule has 0 bridgehead atoms. The molecule has 2 rings (SSSR count). The van der Waals surface area contributed by atoms with Crippen LogP contribution in [0.5, 0.6) is 0 Å². The zero-order chi connectivity index (χ0) is 13.7. The van der Waals surface area contributed by atoms with E-state index in [1.165, 1.54) is 12.1 Å². The van der Waals surface area contributed by atoms with Crippen molar-refractivity contribution < 1.29 is 4.39 Å². The van der Waals surface area contributed by atoms with Crippen molar-refractivity contribution in [3.05, 3.63) is 66.0 Å². The van der Waals surface area contributed by atoms with Gasteiger partial charge < -0.3 is 10.6 Å². The fourth-order valence-electron chi connectivity index (χ4n) is 2.05. The number of hydrogen-bond acceptors (Lipinski definition) is 2. The van der Waals surface area contributed by atoms with Crippen LogP contribution in [0.3, 0.4) is 0 Å². The summed E-state index contributed by atoms with van der Waals surface area (Å²) < 4.78 is 13.1. The zero-order valence-electron chi connectivity index (χ0n) is 11.1. The molecule has 2 aromatic rings. The second-order valence-corrected chi connectivity index (χ2v) is 4.71. The fraction of sp³-hybridized carbons (Fsp3) is 0.250. The molecular weight excluding hydrogens is 239 g/mol. The van der Waals surface area contributed by atoms with Crippen LogP contribution in [0, 0.1) is 5.82 Å². The Bertz CT molecular complexity index is 513. The molecule has 0 saturated heterocycles. The van der Waals surface area contributed by atoms with E-state index in [0.29, 0.717) is 0 Å². The molecule has 0 saturated carbocycles. The van der Waals surface area contributed by atoms with Gasteiger partial charge in [0.1, 0.15) is 5.82 Å². The van der Waals surface area contributed by atoms with Gasteiger partial charge in [0, 0.05) is 25.3 Å². The van der Waals surface area contributed by atoms with Gasteiger partial charge in [-0.05, 0) is 36.2 Å². The van der Waals surface area contributed by atoms with Crippen molar-refractivity contribution in [2.75, 3.05) is 18.5 Å². The van der Waals surface area contributed by atoms with Crippen LogP contribution in [0.15, 0.2) is 54.6 Å². The average Bonchev–Trinajstić information content (AvgIpc) is 2.45. The molecule has 0 aromatic heterocycles. The van der Waals surface area contributed by atoms with Gasteiger partial charge >= 0.3 is 0 Å². The summed E-state index contributed by atoms with van der Waals surface area (Å²) in [7, 11) is 2.04. The van der Waals surface area contributed by atoms with Gasteiger partial charge in [0.15, 0.2) is 0 Å². The fourth-order valence-corrected chi connectivity index (χ4v) is 2.05. The summed E-state index contributed by atoms with van der Waals surface area (Å²) in [5, 5.41) is 0. The van der Waals surface area contributed by atoms with E-state index in [9.17, 15) is 4.39 Å². The summed E-state index contributed by atoms with van der Waals surface area (Å²) in [6, 6.07) is 16.5. The molecule has 2 aromatic carbocycles. The Balaban J connectivity index is 1.92. The summed E-state index contributed by atoms with van der Waals surface area (Å²) in [5.41, 5.74) is 8.11. The lowest BCUT2D eigenvalue weighted by molar-refractivity contribution is 0.608. The minimum absolute atomic E-state index is 0.137. The molecule has 0 radical (unpaired) electrons. The second-order valence-electron chi connectivity index (χ2n) is 4.71. The van der Waals surface area contributed by atoms with E-state index >= 15 is 0 Å². The molecule has 19 heavy (non-hydrogen) atoms. The maximum absolute atomic E-state index is 13.1. The van der Waals surface area contributed by atoms with Crippen molar-refractivity contribution >= 4 is 5.69 Å². The Morgan fingerprint density at radius 1 is 1.11 bits per heavy atom. The van der Waals surface area contributed by atoms with Crippen molar-refractivity contribution in [3.8, 4) is 0 Å². The van der Waals surface area contributed by atoms with Crippen molar-refractivity contribution in [3.63, 3.8) is 0 Å². The largest absolute Gasteiger partial charge is 0.375 e. The van der Waals surface area contributed by atoms with Crippen molar-refractivity contribution in [1.82, 2.24) is 0 Å². The first-order valence-corrected chi connectivity index (χ1v) is 6.44. The van der Waals surface area contributed by atoms with Gasteiger partial charge in [0.2, 0.25) is 0 Å². The average molecular weight is 258 g/mol. The number of benzene rings is 2. The molecule has 1 atom stereocenters. The predicted molar refractivity (Wildman–Crippen MR) is 77.7 cm³/mol. The molecule has 0 aliphatic rings. The highest BCUT2D eigenvalue weighted by atomic mass is 19.1. The van der Waals surface area contributed by atoms with E-state index < -0.39 is 0 Å². The minimum atomic E-state index is -0.232. The van der Waals surface area contributed by atoms with E-state index in [0.717, 1.165) is 24.2 Å². The number of nitrogens with zero attached hydrogens (tertiary/aromatic N) is 1. The van der Waals surface area contributed by atoms with Crippen LogP contribution in [0.25, 0.3) is 0 Å². The van der Waals surface area contributed by atoms with Gasteiger partial charge in [-0.1, -0.05) is 30.3 Å². The minimum Gasteiger partial charge on any atom is -0.375 e. The first-order chi connectivity index (χ1) is 9.16. The molecule has 3 heteroatoms. The number of nitrogens with two attached hydrogens (primary N) is 1. The third kappa shape index (κ3) is 3.80. The predicted octanol–water partition coefficient (Wildman–Crippen LogP) is 3.35. The summed E-state index contributed by atoms with van der Waals surface area (Å²) in [6.07, 6.45) is 0.787. The number of hydrogen-bond donors (Lipinski definition) is 1. The van der Waals surface area contributed by atoms with Crippen LogP contribution in [0.1, 0.15) is 18.0 Å². The van der Waals surface area contributed by atoms with Crippen molar-refractivity contribution in [2.24, 2.45) is 5.73 Å². The second kappa shape index (κ2) is 6.34. The van der Waals surface area contributed by atoms with Gasteiger partial charge in [-0.25, -0.2) is 4.39 Å². The molecule has 0 aliphatic carbocycles. The monoisotopic (exact) mass is 258 g/mol. The molecular formula is C16H19FN2. The van der Waals surface area contributed by atoms with Crippen molar-refractivity contribution in [2.45, 2.75) is 12.5 Å². The van der Waals surface area contributed by atoms with Crippen LogP contribution >= 0.6 is 0 Å². The topological polar surface area (TPSA) is 29.3 Å². The van der Waals surface area contributed by atoms with E-state index in [4.69, 9.17) is 5.73 Å². The van der Waals surface area contributed by atoms with E-state index in [1.807, 2.05) is 31.3 Å². The molecule has 0 fully saturated rings.